The highest BCUT2D eigenvalue weighted by molar-refractivity contribution is 7.20. The molecule has 6 aromatic rings. The molecule has 4 nitrogen and oxygen atoms in total. The third-order valence-corrected chi connectivity index (χ3v) is 24.2. The summed E-state index contributed by atoms with van der Waals surface area (Å²) in [4.78, 5) is 5.30. The lowest BCUT2D eigenvalue weighted by Crippen LogP contribution is -2.34. The van der Waals surface area contributed by atoms with E-state index >= 15 is 0 Å². The second-order valence-corrected chi connectivity index (χ2v) is 29.0. The van der Waals surface area contributed by atoms with Crippen molar-refractivity contribution in [1.29, 1.82) is 0 Å². The molecule has 3 heterocycles. The molecule has 0 N–H and O–H groups in total. The molecule has 2 aromatic heterocycles. The maximum absolute atomic E-state index is 7.19. The molecule has 0 amide bonds. The Morgan fingerprint density at radius 2 is 0.765 bits per heavy atom. The molecule has 0 spiro atoms. The average Bonchev–Trinajstić information content (AvgIpc) is 2.53. The van der Waals surface area contributed by atoms with Gasteiger partial charge in [-0.05, 0) is 139 Å². The number of unbranched alkanes of at least 4 members (excludes halogenated alkanes) is 23. The fourth-order valence-corrected chi connectivity index (χ4v) is 20.9. The number of ether oxygens (including phenoxy) is 4. The van der Waals surface area contributed by atoms with Crippen LogP contribution in [0.4, 0.5) is 0 Å². The summed E-state index contributed by atoms with van der Waals surface area (Å²) in [5, 5.41) is 5.59. The third kappa shape index (κ3) is 14.2. The van der Waals surface area contributed by atoms with E-state index in [0.717, 1.165) is 17.5 Å². The molecular formula is C74H102O4S2Si. The van der Waals surface area contributed by atoms with Crippen LogP contribution in [0.3, 0.4) is 0 Å². The first-order valence-electron chi connectivity index (χ1n) is 33.3. The summed E-state index contributed by atoms with van der Waals surface area (Å²) in [5.41, 5.74) is 12.8. The van der Waals surface area contributed by atoms with Gasteiger partial charge in [-0.2, -0.15) is 0 Å². The van der Waals surface area contributed by atoms with Gasteiger partial charge in [0.25, 0.3) is 0 Å². The molecule has 4 aromatic carbocycles. The number of fused-ring (bicyclic) bond motifs is 8. The molecule has 9 rings (SSSR count). The van der Waals surface area contributed by atoms with E-state index in [0.29, 0.717) is 26.4 Å². The lowest BCUT2D eigenvalue weighted by Gasteiger charge is -2.33. The molecule has 0 radical (unpaired) electrons. The predicted molar refractivity (Wildman–Crippen MR) is 354 cm³/mol. The lowest BCUT2D eigenvalue weighted by atomic mass is 9.94. The number of thiophene rings is 2. The van der Waals surface area contributed by atoms with Crippen LogP contribution in [0.15, 0.2) is 84.9 Å². The zero-order valence-corrected chi connectivity index (χ0v) is 54.2. The van der Waals surface area contributed by atoms with Gasteiger partial charge >= 0.3 is 0 Å². The number of hydrogen-bond acceptors (Lipinski definition) is 6. The van der Waals surface area contributed by atoms with Gasteiger partial charge in [0.05, 0.1) is 0 Å². The summed E-state index contributed by atoms with van der Waals surface area (Å²) < 4.78 is 28.2. The topological polar surface area (TPSA) is 36.9 Å². The zero-order chi connectivity index (χ0) is 56.4. The van der Waals surface area contributed by atoms with Crippen molar-refractivity contribution in [2.45, 2.75) is 246 Å². The average molecular weight is 1150 g/mol. The fraction of sp³-hybridized carbons (Fsp3) is 0.568. The Balaban J connectivity index is 0.999. The van der Waals surface area contributed by atoms with Crippen LogP contribution in [0.25, 0.3) is 52.9 Å². The van der Waals surface area contributed by atoms with Gasteiger partial charge in [-0.15, -0.1) is 22.7 Å². The Hall–Kier alpha value is -3.66. The van der Waals surface area contributed by atoms with Crippen molar-refractivity contribution >= 4 is 58.2 Å². The van der Waals surface area contributed by atoms with E-state index in [4.69, 9.17) is 18.9 Å². The minimum Gasteiger partial charge on any atom is -0.342 e. The van der Waals surface area contributed by atoms with Crippen LogP contribution < -0.4 is 5.19 Å². The molecule has 438 valence electrons. The van der Waals surface area contributed by atoms with Crippen LogP contribution in [0, 0.1) is 0 Å². The van der Waals surface area contributed by atoms with Crippen LogP contribution in [-0.2, 0) is 43.4 Å². The van der Waals surface area contributed by atoms with Gasteiger partial charge in [-0.1, -0.05) is 229 Å². The number of rotatable bonds is 39. The number of aryl methyl sites for hydroxylation is 2. The Kier molecular flexibility index (Phi) is 23.6. The molecule has 7 heteroatoms. The molecular weight excluding hydrogens is 1050 g/mol. The highest BCUT2D eigenvalue weighted by atomic mass is 32.1. The lowest BCUT2D eigenvalue weighted by molar-refractivity contribution is -0.210. The molecule has 81 heavy (non-hydrogen) atoms. The molecule has 0 saturated carbocycles. The maximum Gasteiger partial charge on any atom is 0.224 e. The van der Waals surface area contributed by atoms with E-state index in [9.17, 15) is 0 Å². The van der Waals surface area contributed by atoms with Crippen LogP contribution in [0.5, 0.6) is 0 Å². The van der Waals surface area contributed by atoms with Gasteiger partial charge in [0.2, 0.25) is 11.6 Å². The van der Waals surface area contributed by atoms with Crippen molar-refractivity contribution in [3.8, 4) is 31.3 Å². The molecule has 2 aliphatic carbocycles. The summed E-state index contributed by atoms with van der Waals surface area (Å²) in [5.74, 6) is -1.95. The second kappa shape index (κ2) is 30.9. The highest BCUT2D eigenvalue weighted by Crippen LogP contribution is 2.61. The summed E-state index contributed by atoms with van der Waals surface area (Å²) in [6.45, 7) is 17.6. The van der Waals surface area contributed by atoms with Crippen molar-refractivity contribution in [3.63, 3.8) is 0 Å². The van der Waals surface area contributed by atoms with E-state index in [1.807, 2.05) is 22.7 Å². The molecule has 0 bridgehead atoms. The molecule has 3 aliphatic rings. The van der Waals surface area contributed by atoms with E-state index in [1.165, 1.54) is 254 Å². The monoisotopic (exact) mass is 1150 g/mol. The van der Waals surface area contributed by atoms with Gasteiger partial charge in [0.1, 0.15) is 8.80 Å². The zero-order valence-electron chi connectivity index (χ0n) is 51.4. The first-order chi connectivity index (χ1) is 39.9. The quantitative estimate of drug-likeness (QED) is 0.0219. The van der Waals surface area contributed by atoms with Crippen molar-refractivity contribution in [1.82, 2.24) is 0 Å². The standard InChI is InChI=1S/C74H102O4S2Si/c1-8-15-18-21-24-26-28-30-32-35-38-55-40-44-57(45-41-55)66-53-65-70(79-66)61-49-59-52-64-62(50-60(59)51-63(61)73(65,75-11-4)76-12-5)72-69(74(64,77-13-6)78-14-7)71-68(81(72)48-37-34-23-20-17-10-3)54-67(80-71)58-46-42-56(43-47-58)39-36-33-31-29-27-25-22-19-16-9-2/h40-47,49-54,81H,8-39,48H2,1-7H3. The van der Waals surface area contributed by atoms with Crippen LogP contribution in [0.1, 0.15) is 254 Å². The normalized spacial score (nSPS) is 15.5. The molecule has 0 saturated heterocycles. The number of hydrogen-bond donors (Lipinski definition) is 0. The fourth-order valence-electron chi connectivity index (χ4n) is 13.9. The Bertz CT molecular complexity index is 2910. The summed E-state index contributed by atoms with van der Waals surface area (Å²) in [7, 11) is -1.72. The Labute approximate surface area is 500 Å². The van der Waals surface area contributed by atoms with Crippen molar-refractivity contribution in [3.05, 3.63) is 123 Å². The SMILES string of the molecule is CCCCCCCCCCCCc1ccc(-c2cc3c(s2)C2=C(c4cc5cc6c(cc5cc4C2(OCC)OCC)-c2sc(-c4ccc(CCCCCCCCCCCC)cc4)cc2C6(OCC)OCC)[SiH]3CCCCCCCC)cc1. The summed E-state index contributed by atoms with van der Waals surface area (Å²) >= 11 is 3.87. The van der Waals surface area contributed by atoms with Crippen LogP contribution in [-0.4, -0.2) is 35.2 Å². The van der Waals surface area contributed by atoms with Gasteiger partial charge < -0.3 is 18.9 Å². The molecule has 0 fully saturated rings. The molecule has 1 unspecified atom stereocenters. The second-order valence-electron chi connectivity index (χ2n) is 24.0. The Morgan fingerprint density at radius 1 is 0.370 bits per heavy atom. The summed E-state index contributed by atoms with van der Waals surface area (Å²) in [6.07, 6.45) is 37.6. The van der Waals surface area contributed by atoms with Crippen LogP contribution in [0.2, 0.25) is 6.04 Å². The largest absolute Gasteiger partial charge is 0.342 e. The first kappa shape index (κ1) is 61.9. The smallest absolute Gasteiger partial charge is 0.224 e. The number of benzene rings is 4. The summed E-state index contributed by atoms with van der Waals surface area (Å²) in [6, 6.07) is 35.1. The van der Waals surface area contributed by atoms with E-state index < -0.39 is 20.4 Å². The van der Waals surface area contributed by atoms with Gasteiger partial charge in [-0.25, -0.2) is 0 Å². The molecule has 1 atom stereocenters. The van der Waals surface area contributed by atoms with E-state index in [2.05, 4.69) is 133 Å². The van der Waals surface area contributed by atoms with Gasteiger partial charge in [0.15, 0.2) is 0 Å². The van der Waals surface area contributed by atoms with Gasteiger partial charge in [0, 0.05) is 73.8 Å². The first-order valence-corrected chi connectivity index (χ1v) is 36.9. The predicted octanol–water partition coefficient (Wildman–Crippen LogP) is 22.0. The van der Waals surface area contributed by atoms with E-state index in [-0.39, 0.29) is 0 Å². The highest BCUT2D eigenvalue weighted by Gasteiger charge is 2.55. The van der Waals surface area contributed by atoms with Crippen molar-refractivity contribution in [2.75, 3.05) is 26.4 Å². The van der Waals surface area contributed by atoms with Crippen molar-refractivity contribution in [2.24, 2.45) is 0 Å². The minimum atomic E-state index is -1.72. The minimum absolute atomic E-state index is 0.543. The maximum atomic E-state index is 7.19. The van der Waals surface area contributed by atoms with Crippen molar-refractivity contribution < 1.29 is 18.9 Å². The molecule has 1 aliphatic heterocycles. The van der Waals surface area contributed by atoms with E-state index in [1.54, 1.807) is 10.4 Å². The van der Waals surface area contributed by atoms with Crippen LogP contribution >= 0.6 is 22.7 Å². The Morgan fingerprint density at radius 3 is 1.23 bits per heavy atom. The third-order valence-electron chi connectivity index (χ3n) is 18.1. The van der Waals surface area contributed by atoms with Gasteiger partial charge in [-0.3, -0.25) is 0 Å².